The van der Waals surface area contributed by atoms with Crippen molar-refractivity contribution in [2.45, 2.75) is 0 Å². The fourth-order valence-electron chi connectivity index (χ4n) is 1.73. The predicted octanol–water partition coefficient (Wildman–Crippen LogP) is 4.01. The molecule has 0 fully saturated rings. The topological polar surface area (TPSA) is 59.2 Å². The molecule has 6 heteroatoms. The van der Waals surface area contributed by atoms with Crippen molar-refractivity contribution in [3.63, 3.8) is 0 Å². The minimum absolute atomic E-state index is 0.0698. The maximum atomic E-state index is 13.7. The number of halogens is 2. The van der Waals surface area contributed by atoms with Gasteiger partial charge in [-0.05, 0) is 36.4 Å². The number of hydrogen-bond donors (Lipinski definition) is 1. The van der Waals surface area contributed by atoms with Crippen LogP contribution in [0.2, 0.25) is 0 Å². The van der Waals surface area contributed by atoms with E-state index in [-0.39, 0.29) is 17.2 Å². The molecule has 3 aromatic rings. The van der Waals surface area contributed by atoms with E-state index in [0.29, 0.717) is 5.82 Å². The molecule has 0 aliphatic rings. The van der Waals surface area contributed by atoms with Crippen LogP contribution in [0.4, 0.5) is 4.39 Å². The van der Waals surface area contributed by atoms with Gasteiger partial charge < -0.3 is 9.63 Å². The van der Waals surface area contributed by atoms with Crippen molar-refractivity contribution in [1.82, 2.24) is 10.1 Å². The second kappa shape index (κ2) is 5.05. The van der Waals surface area contributed by atoms with Gasteiger partial charge in [0.15, 0.2) is 0 Å². The highest BCUT2D eigenvalue weighted by molar-refractivity contribution is 9.10. The molecule has 0 saturated carbocycles. The van der Waals surface area contributed by atoms with Gasteiger partial charge in [0.05, 0.1) is 5.56 Å². The Bertz CT molecular complexity index is 756. The van der Waals surface area contributed by atoms with E-state index in [1.54, 1.807) is 0 Å². The monoisotopic (exact) mass is 334 g/mol. The zero-order valence-corrected chi connectivity index (χ0v) is 11.6. The molecule has 3 rings (SSSR count). The Balaban J connectivity index is 1.99. The first-order valence-corrected chi connectivity index (χ1v) is 6.51. The molecular weight excluding hydrogens is 327 g/mol. The highest BCUT2D eigenvalue weighted by Crippen LogP contribution is 2.27. The Morgan fingerprint density at radius 3 is 2.55 bits per heavy atom. The number of benzene rings is 2. The van der Waals surface area contributed by atoms with Gasteiger partial charge >= 0.3 is 0 Å². The van der Waals surface area contributed by atoms with Gasteiger partial charge in [-0.2, -0.15) is 4.98 Å². The molecule has 100 valence electrons. The van der Waals surface area contributed by atoms with Crippen molar-refractivity contribution >= 4 is 15.9 Å². The van der Waals surface area contributed by atoms with E-state index in [4.69, 9.17) is 4.52 Å². The average molecular weight is 335 g/mol. The predicted molar refractivity (Wildman–Crippen MR) is 74.5 cm³/mol. The van der Waals surface area contributed by atoms with Crippen LogP contribution in [0.3, 0.4) is 0 Å². The molecule has 0 bridgehead atoms. The van der Waals surface area contributed by atoms with Crippen LogP contribution in [-0.2, 0) is 0 Å². The van der Waals surface area contributed by atoms with Crippen molar-refractivity contribution < 1.29 is 14.0 Å². The molecular formula is C14H8BrFN2O2. The lowest BCUT2D eigenvalue weighted by molar-refractivity contribution is 0.428. The minimum Gasteiger partial charge on any atom is -0.508 e. The fraction of sp³-hybridized carbons (Fsp3) is 0. The summed E-state index contributed by atoms with van der Waals surface area (Å²) in [7, 11) is 0. The number of phenolic OH excluding ortho intramolecular Hbond substituents is 1. The highest BCUT2D eigenvalue weighted by atomic mass is 79.9. The fourth-order valence-corrected chi connectivity index (χ4v) is 1.99. The van der Waals surface area contributed by atoms with E-state index < -0.39 is 5.82 Å². The van der Waals surface area contributed by atoms with E-state index in [1.807, 2.05) is 24.3 Å². The molecule has 1 heterocycles. The quantitative estimate of drug-likeness (QED) is 0.769. The van der Waals surface area contributed by atoms with Crippen LogP contribution in [0.1, 0.15) is 0 Å². The molecule has 0 saturated heterocycles. The van der Waals surface area contributed by atoms with Gasteiger partial charge in [-0.15, -0.1) is 0 Å². The summed E-state index contributed by atoms with van der Waals surface area (Å²) in [6.45, 7) is 0. The zero-order valence-electron chi connectivity index (χ0n) is 10.0. The van der Waals surface area contributed by atoms with E-state index >= 15 is 0 Å². The van der Waals surface area contributed by atoms with Gasteiger partial charge in [-0.3, -0.25) is 0 Å². The van der Waals surface area contributed by atoms with Crippen molar-refractivity contribution in [2.75, 3.05) is 0 Å². The third-order valence-electron chi connectivity index (χ3n) is 2.71. The van der Waals surface area contributed by atoms with Crippen LogP contribution in [0.15, 0.2) is 51.5 Å². The van der Waals surface area contributed by atoms with Crippen LogP contribution >= 0.6 is 15.9 Å². The van der Waals surface area contributed by atoms with Crippen LogP contribution < -0.4 is 0 Å². The molecule has 0 amide bonds. The highest BCUT2D eigenvalue weighted by Gasteiger charge is 2.14. The van der Waals surface area contributed by atoms with Gasteiger partial charge in [-0.1, -0.05) is 21.1 Å². The summed E-state index contributed by atoms with van der Waals surface area (Å²) in [6, 6.07) is 11.1. The summed E-state index contributed by atoms with van der Waals surface area (Å²) in [4.78, 5) is 4.16. The van der Waals surface area contributed by atoms with Crippen molar-refractivity contribution in [1.29, 1.82) is 0 Å². The number of aromatic hydroxyl groups is 1. The molecule has 0 unspecified atom stereocenters. The summed E-state index contributed by atoms with van der Waals surface area (Å²) < 4.78 is 19.7. The maximum absolute atomic E-state index is 13.7. The number of aromatic nitrogens is 2. The summed E-state index contributed by atoms with van der Waals surface area (Å²) in [6.07, 6.45) is 0. The number of phenols is 1. The molecule has 1 aromatic heterocycles. The first-order chi connectivity index (χ1) is 9.63. The second-order valence-electron chi connectivity index (χ2n) is 4.09. The van der Waals surface area contributed by atoms with E-state index in [0.717, 1.165) is 16.1 Å². The molecule has 0 aliphatic carbocycles. The van der Waals surface area contributed by atoms with Gasteiger partial charge in [0.1, 0.15) is 11.6 Å². The lowest BCUT2D eigenvalue weighted by atomic mass is 10.2. The first kappa shape index (κ1) is 12.8. The molecule has 0 radical (unpaired) electrons. The Morgan fingerprint density at radius 2 is 1.85 bits per heavy atom. The molecule has 1 N–H and O–H groups in total. The smallest absolute Gasteiger partial charge is 0.261 e. The standard InChI is InChI=1S/C14H8BrFN2O2/c15-9-3-1-8(2-4-9)13-17-14(20-18-13)11-6-5-10(19)7-12(11)16/h1-7,19H. The van der Waals surface area contributed by atoms with Gasteiger partial charge in [0.25, 0.3) is 5.89 Å². The lowest BCUT2D eigenvalue weighted by Crippen LogP contribution is -1.85. The van der Waals surface area contributed by atoms with E-state index in [9.17, 15) is 9.50 Å². The Labute approximate surface area is 122 Å². The average Bonchev–Trinajstić information content (AvgIpc) is 2.89. The SMILES string of the molecule is Oc1ccc(-c2nc(-c3ccc(Br)cc3)no2)c(F)c1. The van der Waals surface area contributed by atoms with Crippen molar-refractivity contribution in [2.24, 2.45) is 0 Å². The largest absolute Gasteiger partial charge is 0.508 e. The van der Waals surface area contributed by atoms with Crippen molar-refractivity contribution in [3.05, 3.63) is 52.8 Å². The summed E-state index contributed by atoms with van der Waals surface area (Å²) in [5.41, 5.74) is 0.918. The zero-order chi connectivity index (χ0) is 14.1. The van der Waals surface area contributed by atoms with Crippen LogP contribution in [0.25, 0.3) is 22.8 Å². The Morgan fingerprint density at radius 1 is 1.10 bits per heavy atom. The Kier molecular flexibility index (Phi) is 3.23. The maximum Gasteiger partial charge on any atom is 0.261 e. The molecule has 0 aliphatic heterocycles. The molecule has 20 heavy (non-hydrogen) atoms. The lowest BCUT2D eigenvalue weighted by Gasteiger charge is -1.97. The second-order valence-corrected chi connectivity index (χ2v) is 5.01. The summed E-state index contributed by atoms with van der Waals surface area (Å²) in [5, 5.41) is 13.0. The van der Waals surface area contributed by atoms with E-state index in [2.05, 4.69) is 26.1 Å². The number of nitrogens with zero attached hydrogens (tertiary/aromatic N) is 2. The van der Waals surface area contributed by atoms with E-state index in [1.165, 1.54) is 12.1 Å². The van der Waals surface area contributed by atoms with Crippen LogP contribution in [0, 0.1) is 5.82 Å². The number of rotatable bonds is 2. The van der Waals surface area contributed by atoms with Crippen LogP contribution in [0.5, 0.6) is 5.75 Å². The summed E-state index contributed by atoms with van der Waals surface area (Å²) in [5.74, 6) is -0.324. The van der Waals surface area contributed by atoms with Crippen molar-refractivity contribution in [3.8, 4) is 28.6 Å². The van der Waals surface area contributed by atoms with Gasteiger partial charge in [0, 0.05) is 16.1 Å². The summed E-state index contributed by atoms with van der Waals surface area (Å²) >= 11 is 3.34. The third kappa shape index (κ3) is 2.42. The van der Waals surface area contributed by atoms with Gasteiger partial charge in [0.2, 0.25) is 5.82 Å². The molecule has 4 nitrogen and oxygen atoms in total. The van der Waals surface area contributed by atoms with Crippen LogP contribution in [-0.4, -0.2) is 15.2 Å². The normalized spacial score (nSPS) is 10.7. The minimum atomic E-state index is -0.615. The third-order valence-corrected chi connectivity index (χ3v) is 3.24. The van der Waals surface area contributed by atoms with Gasteiger partial charge in [-0.25, -0.2) is 4.39 Å². The molecule has 0 atom stereocenters. The number of hydrogen-bond acceptors (Lipinski definition) is 4. The Hall–Kier alpha value is -2.21. The molecule has 2 aromatic carbocycles. The first-order valence-electron chi connectivity index (χ1n) is 5.72. The molecule has 0 spiro atoms.